The molecule has 0 saturated heterocycles. The normalized spacial score (nSPS) is 11.8. The van der Waals surface area contributed by atoms with Crippen LogP contribution in [0.2, 0.25) is 0 Å². The quantitative estimate of drug-likeness (QED) is 0.0353. The molecule has 52 heavy (non-hydrogen) atoms. The van der Waals surface area contributed by atoms with Crippen LogP contribution in [0.1, 0.15) is 258 Å². The highest BCUT2D eigenvalue weighted by atomic mass is 16.6. The molecule has 0 aliphatic heterocycles. The summed E-state index contributed by atoms with van der Waals surface area (Å²) in [5.74, 6) is -0.853. The second-order valence-corrected chi connectivity index (χ2v) is 15.7. The van der Waals surface area contributed by atoms with Crippen molar-refractivity contribution in [2.75, 3.05) is 13.2 Å². The fourth-order valence-corrected chi connectivity index (χ4v) is 6.85. The summed E-state index contributed by atoms with van der Waals surface area (Å²) in [6.07, 6.45) is 42.2. The predicted molar refractivity (Wildman–Crippen MR) is 220 cm³/mol. The molecule has 0 aliphatic rings. The number of esters is 3. The number of ether oxygens (including phenoxy) is 3. The SMILES string of the molecule is CCCCCCCCCCCCCCCCC(=O)OCC(COC(=O)CCCCCCCCCCC)OC(=O)CCCCCCCCCCCCC. The Hall–Kier alpha value is -1.59. The first-order chi connectivity index (χ1) is 25.5. The lowest BCUT2D eigenvalue weighted by Gasteiger charge is -2.18. The molecule has 0 spiro atoms. The van der Waals surface area contributed by atoms with Crippen molar-refractivity contribution < 1.29 is 28.6 Å². The smallest absolute Gasteiger partial charge is 0.306 e. The molecule has 0 rings (SSSR count). The number of rotatable bonds is 42. The molecule has 0 N–H and O–H groups in total. The molecule has 0 heterocycles. The van der Waals surface area contributed by atoms with Crippen molar-refractivity contribution in [2.24, 2.45) is 0 Å². The van der Waals surface area contributed by atoms with E-state index in [4.69, 9.17) is 14.2 Å². The van der Waals surface area contributed by atoms with Gasteiger partial charge in [0.25, 0.3) is 0 Å². The van der Waals surface area contributed by atoms with Crippen LogP contribution in [0, 0.1) is 0 Å². The summed E-state index contributed by atoms with van der Waals surface area (Å²) < 4.78 is 16.7. The summed E-state index contributed by atoms with van der Waals surface area (Å²) in [5, 5.41) is 0. The summed E-state index contributed by atoms with van der Waals surface area (Å²) in [7, 11) is 0. The molecular weight excluding hydrogens is 648 g/mol. The Morgan fingerprint density at radius 1 is 0.308 bits per heavy atom. The molecule has 0 amide bonds. The monoisotopic (exact) mass is 737 g/mol. The molecule has 1 unspecified atom stereocenters. The Bertz CT molecular complexity index is 768. The lowest BCUT2D eigenvalue weighted by molar-refractivity contribution is -0.167. The fraction of sp³-hybridized carbons (Fsp3) is 0.935. The maximum absolute atomic E-state index is 12.7. The third-order valence-electron chi connectivity index (χ3n) is 10.4. The minimum absolute atomic E-state index is 0.0628. The van der Waals surface area contributed by atoms with Crippen LogP contribution in [0.15, 0.2) is 0 Å². The Labute approximate surface area is 323 Å². The van der Waals surface area contributed by atoms with E-state index in [2.05, 4.69) is 20.8 Å². The molecule has 0 saturated carbocycles. The summed E-state index contributed by atoms with van der Waals surface area (Å²) in [5.41, 5.74) is 0. The standard InChI is InChI=1S/C46H88O6/c1-4-7-10-13-16-19-21-22-23-25-27-30-33-36-39-45(48)51-42-43(41-50-44(47)38-35-32-29-26-18-15-12-9-6-3)52-46(49)40-37-34-31-28-24-20-17-14-11-8-5-2/h43H,4-42H2,1-3H3. The summed E-state index contributed by atoms with van der Waals surface area (Å²) in [4.78, 5) is 37.6. The van der Waals surface area contributed by atoms with E-state index in [-0.39, 0.29) is 31.1 Å². The first-order valence-corrected chi connectivity index (χ1v) is 23.0. The van der Waals surface area contributed by atoms with Crippen molar-refractivity contribution in [1.82, 2.24) is 0 Å². The van der Waals surface area contributed by atoms with Crippen LogP contribution in [0.4, 0.5) is 0 Å². The van der Waals surface area contributed by atoms with Gasteiger partial charge in [0.1, 0.15) is 13.2 Å². The molecule has 0 aromatic heterocycles. The van der Waals surface area contributed by atoms with E-state index >= 15 is 0 Å². The Kier molecular flexibility index (Phi) is 40.9. The molecule has 0 fully saturated rings. The van der Waals surface area contributed by atoms with Crippen LogP contribution >= 0.6 is 0 Å². The van der Waals surface area contributed by atoms with Gasteiger partial charge in [0.2, 0.25) is 0 Å². The van der Waals surface area contributed by atoms with Gasteiger partial charge >= 0.3 is 17.9 Å². The zero-order chi connectivity index (χ0) is 38.0. The Morgan fingerprint density at radius 2 is 0.519 bits per heavy atom. The largest absolute Gasteiger partial charge is 0.462 e. The summed E-state index contributed by atoms with van der Waals surface area (Å²) >= 11 is 0. The van der Waals surface area contributed by atoms with E-state index in [1.165, 1.54) is 161 Å². The minimum Gasteiger partial charge on any atom is -0.462 e. The second kappa shape index (κ2) is 42.2. The van der Waals surface area contributed by atoms with Crippen LogP contribution in [0.3, 0.4) is 0 Å². The Morgan fingerprint density at radius 3 is 0.769 bits per heavy atom. The van der Waals surface area contributed by atoms with Crippen LogP contribution < -0.4 is 0 Å². The molecule has 0 aliphatic carbocycles. The summed E-state index contributed by atoms with van der Waals surface area (Å²) in [6, 6.07) is 0. The lowest BCUT2D eigenvalue weighted by Crippen LogP contribution is -2.30. The Balaban J connectivity index is 4.29. The van der Waals surface area contributed by atoms with Gasteiger partial charge in [-0.25, -0.2) is 0 Å². The van der Waals surface area contributed by atoms with Crippen molar-refractivity contribution in [3.8, 4) is 0 Å². The predicted octanol–water partition coefficient (Wildman–Crippen LogP) is 14.5. The van der Waals surface area contributed by atoms with Crippen LogP contribution in [0.25, 0.3) is 0 Å². The van der Waals surface area contributed by atoms with Gasteiger partial charge in [-0.15, -0.1) is 0 Å². The molecule has 6 heteroatoms. The molecule has 1 atom stereocenters. The number of hydrogen-bond acceptors (Lipinski definition) is 6. The maximum Gasteiger partial charge on any atom is 0.306 e. The van der Waals surface area contributed by atoms with Crippen molar-refractivity contribution in [2.45, 2.75) is 264 Å². The minimum atomic E-state index is -0.757. The van der Waals surface area contributed by atoms with Gasteiger partial charge < -0.3 is 14.2 Å². The third-order valence-corrected chi connectivity index (χ3v) is 10.4. The van der Waals surface area contributed by atoms with Gasteiger partial charge in [0, 0.05) is 19.3 Å². The van der Waals surface area contributed by atoms with Crippen molar-refractivity contribution in [3.05, 3.63) is 0 Å². The van der Waals surface area contributed by atoms with E-state index in [0.29, 0.717) is 19.3 Å². The van der Waals surface area contributed by atoms with E-state index in [9.17, 15) is 14.4 Å². The highest BCUT2D eigenvalue weighted by Crippen LogP contribution is 2.16. The highest BCUT2D eigenvalue weighted by Gasteiger charge is 2.19. The first kappa shape index (κ1) is 50.4. The highest BCUT2D eigenvalue weighted by molar-refractivity contribution is 5.71. The van der Waals surface area contributed by atoms with Crippen LogP contribution in [-0.4, -0.2) is 37.2 Å². The van der Waals surface area contributed by atoms with Gasteiger partial charge in [-0.2, -0.15) is 0 Å². The van der Waals surface area contributed by atoms with Crippen molar-refractivity contribution >= 4 is 17.9 Å². The van der Waals surface area contributed by atoms with Gasteiger partial charge in [0.05, 0.1) is 0 Å². The number of unbranched alkanes of at least 4 members (excludes halogenated alkanes) is 31. The van der Waals surface area contributed by atoms with E-state index < -0.39 is 6.10 Å². The zero-order valence-electron chi connectivity index (χ0n) is 35.1. The second-order valence-electron chi connectivity index (χ2n) is 15.7. The summed E-state index contributed by atoms with van der Waals surface area (Å²) in [6.45, 7) is 6.63. The topological polar surface area (TPSA) is 78.9 Å². The van der Waals surface area contributed by atoms with Crippen molar-refractivity contribution in [3.63, 3.8) is 0 Å². The van der Waals surface area contributed by atoms with E-state index in [0.717, 1.165) is 57.8 Å². The lowest BCUT2D eigenvalue weighted by atomic mass is 10.0. The van der Waals surface area contributed by atoms with Gasteiger partial charge in [-0.05, 0) is 19.3 Å². The molecule has 308 valence electrons. The number of carbonyl (C=O) groups excluding carboxylic acids is 3. The van der Waals surface area contributed by atoms with Gasteiger partial charge in [-0.3, -0.25) is 14.4 Å². The van der Waals surface area contributed by atoms with E-state index in [1.54, 1.807) is 0 Å². The van der Waals surface area contributed by atoms with E-state index in [1.807, 2.05) is 0 Å². The average molecular weight is 737 g/mol. The number of hydrogen-bond donors (Lipinski definition) is 0. The van der Waals surface area contributed by atoms with Crippen molar-refractivity contribution in [1.29, 1.82) is 0 Å². The molecule has 6 nitrogen and oxygen atoms in total. The maximum atomic E-state index is 12.7. The fourth-order valence-electron chi connectivity index (χ4n) is 6.85. The zero-order valence-corrected chi connectivity index (χ0v) is 35.1. The molecule has 0 bridgehead atoms. The van der Waals surface area contributed by atoms with Crippen LogP contribution in [0.5, 0.6) is 0 Å². The average Bonchev–Trinajstić information content (AvgIpc) is 3.14. The third kappa shape index (κ3) is 39.6. The molecule has 0 radical (unpaired) electrons. The molecule has 0 aromatic rings. The first-order valence-electron chi connectivity index (χ1n) is 23.0. The molecule has 0 aromatic carbocycles. The van der Waals surface area contributed by atoms with Gasteiger partial charge in [0.15, 0.2) is 6.10 Å². The number of carbonyl (C=O) groups is 3. The van der Waals surface area contributed by atoms with Gasteiger partial charge in [-0.1, -0.05) is 220 Å². The van der Waals surface area contributed by atoms with Crippen LogP contribution in [-0.2, 0) is 28.6 Å². The molecular formula is C46H88O6.